The maximum absolute atomic E-state index is 13.7. The lowest BCUT2D eigenvalue weighted by Crippen LogP contribution is -2.60. The Bertz CT molecular complexity index is 1280. The Kier molecular flexibility index (Phi) is 8.32. The Balaban J connectivity index is 1.38. The van der Waals surface area contributed by atoms with Gasteiger partial charge in [-0.1, -0.05) is 50.6 Å². The Labute approximate surface area is 240 Å². The van der Waals surface area contributed by atoms with Crippen molar-refractivity contribution < 1.29 is 9.59 Å². The van der Waals surface area contributed by atoms with Crippen LogP contribution in [0.3, 0.4) is 0 Å². The summed E-state index contributed by atoms with van der Waals surface area (Å²) in [4.78, 5) is 38.0. The van der Waals surface area contributed by atoms with Gasteiger partial charge < -0.3 is 9.80 Å². The van der Waals surface area contributed by atoms with E-state index in [0.717, 1.165) is 44.7 Å². The first-order chi connectivity index (χ1) is 18.6. The van der Waals surface area contributed by atoms with E-state index in [1.54, 1.807) is 13.1 Å². The van der Waals surface area contributed by atoms with E-state index in [1.165, 1.54) is 15.0 Å². The monoisotopic (exact) mass is 566 g/mol. The van der Waals surface area contributed by atoms with E-state index in [4.69, 9.17) is 16.6 Å². The number of amides is 2. The Hall–Kier alpha value is -2.48. The van der Waals surface area contributed by atoms with Crippen molar-refractivity contribution in [3.05, 3.63) is 64.3 Å². The maximum atomic E-state index is 13.7. The number of halogens is 1. The van der Waals surface area contributed by atoms with E-state index in [0.29, 0.717) is 23.9 Å². The third-order valence-corrected chi connectivity index (χ3v) is 9.76. The van der Waals surface area contributed by atoms with Crippen LogP contribution in [0.2, 0.25) is 5.02 Å². The van der Waals surface area contributed by atoms with Gasteiger partial charge in [0, 0.05) is 67.9 Å². The summed E-state index contributed by atoms with van der Waals surface area (Å²) in [5.41, 5.74) is 0.903. The summed E-state index contributed by atoms with van der Waals surface area (Å²) in [5, 5.41) is 1.87. The number of likely N-dealkylation sites (tertiary alicyclic amines) is 1. The summed E-state index contributed by atoms with van der Waals surface area (Å²) >= 11 is 8.03. The Morgan fingerprint density at radius 1 is 1.08 bits per heavy atom. The van der Waals surface area contributed by atoms with Gasteiger partial charge in [-0.25, -0.2) is 0 Å². The summed E-state index contributed by atoms with van der Waals surface area (Å²) in [5.74, 6) is 0.724. The van der Waals surface area contributed by atoms with E-state index in [-0.39, 0.29) is 29.3 Å². The molecule has 5 rings (SSSR count). The van der Waals surface area contributed by atoms with E-state index >= 15 is 0 Å². The molecule has 0 radical (unpaired) electrons. The van der Waals surface area contributed by atoms with Gasteiger partial charge in [-0.05, 0) is 53.8 Å². The molecule has 2 fully saturated rings. The molecule has 1 aromatic carbocycles. The minimum atomic E-state index is -0.0789. The molecule has 6 nitrogen and oxygen atoms in total. The van der Waals surface area contributed by atoms with Crippen LogP contribution in [0.1, 0.15) is 63.6 Å². The van der Waals surface area contributed by atoms with Crippen LogP contribution >= 0.6 is 22.9 Å². The predicted octanol–water partition coefficient (Wildman–Crippen LogP) is 6.25. The molecule has 8 heteroatoms. The first-order valence-electron chi connectivity index (χ1n) is 14.0. The molecule has 0 saturated carbocycles. The summed E-state index contributed by atoms with van der Waals surface area (Å²) in [6, 6.07) is 14.8. The van der Waals surface area contributed by atoms with E-state index in [9.17, 15) is 9.59 Å². The molecule has 0 N–H and O–H groups in total. The largest absolute Gasteiger partial charge is 0.343 e. The first kappa shape index (κ1) is 28.1. The van der Waals surface area contributed by atoms with Gasteiger partial charge in [-0.15, -0.1) is 11.3 Å². The second kappa shape index (κ2) is 11.6. The smallest absolute Gasteiger partial charge is 0.223 e. The number of pyridine rings is 1. The molecule has 3 aromatic rings. The second-order valence-corrected chi connectivity index (χ2v) is 13.7. The lowest BCUT2D eigenvalue weighted by molar-refractivity contribution is -0.141. The van der Waals surface area contributed by atoms with Gasteiger partial charge in [0.1, 0.15) is 0 Å². The van der Waals surface area contributed by atoms with Crippen molar-refractivity contribution in [1.82, 2.24) is 19.7 Å². The molecular formula is C31H39ClN4O2S. The molecule has 2 aromatic heterocycles. The lowest BCUT2D eigenvalue weighted by atomic mass is 9.83. The number of hydrogen-bond donors (Lipinski definition) is 0. The molecule has 2 aliphatic rings. The van der Waals surface area contributed by atoms with Crippen molar-refractivity contribution in [2.45, 2.75) is 59.0 Å². The van der Waals surface area contributed by atoms with E-state index in [2.05, 4.69) is 60.9 Å². The molecule has 4 heterocycles. The van der Waals surface area contributed by atoms with Gasteiger partial charge in [-0.3, -0.25) is 19.5 Å². The Morgan fingerprint density at radius 3 is 2.46 bits per heavy atom. The quantitative estimate of drug-likeness (QED) is 0.366. The molecule has 1 unspecified atom stereocenters. The van der Waals surface area contributed by atoms with Crippen LogP contribution in [0.4, 0.5) is 0 Å². The number of nitrogens with zero attached hydrogens (tertiary/aromatic N) is 4. The number of carbonyl (C=O) groups excluding carboxylic acids is 2. The zero-order valence-corrected chi connectivity index (χ0v) is 25.0. The van der Waals surface area contributed by atoms with Gasteiger partial charge in [0.2, 0.25) is 11.8 Å². The number of aromatic nitrogens is 1. The van der Waals surface area contributed by atoms with Crippen molar-refractivity contribution in [2.24, 2.45) is 11.3 Å². The van der Waals surface area contributed by atoms with Gasteiger partial charge in [0.05, 0.1) is 16.8 Å². The van der Waals surface area contributed by atoms with Gasteiger partial charge >= 0.3 is 0 Å². The fraction of sp³-hybridized carbons (Fsp3) is 0.516. The van der Waals surface area contributed by atoms with Crippen LogP contribution in [-0.4, -0.2) is 70.3 Å². The van der Waals surface area contributed by atoms with Crippen molar-refractivity contribution in [3.8, 4) is 0 Å². The van der Waals surface area contributed by atoms with Gasteiger partial charge in [0.15, 0.2) is 0 Å². The predicted molar refractivity (Wildman–Crippen MR) is 159 cm³/mol. The molecule has 2 saturated heterocycles. The number of carbonyl (C=O) groups is 2. The number of rotatable bonds is 5. The molecule has 2 atom stereocenters. The van der Waals surface area contributed by atoms with Crippen LogP contribution < -0.4 is 0 Å². The highest BCUT2D eigenvalue weighted by Crippen LogP contribution is 2.39. The summed E-state index contributed by atoms with van der Waals surface area (Å²) in [6.45, 7) is 12.1. The van der Waals surface area contributed by atoms with Crippen LogP contribution in [0.25, 0.3) is 10.1 Å². The fourth-order valence-electron chi connectivity index (χ4n) is 6.09. The maximum Gasteiger partial charge on any atom is 0.223 e. The van der Waals surface area contributed by atoms with Crippen LogP contribution in [0, 0.1) is 11.3 Å². The number of piperazine rings is 1. The average molecular weight is 567 g/mol. The highest BCUT2D eigenvalue weighted by molar-refractivity contribution is 7.19. The molecule has 2 amide bonds. The third kappa shape index (κ3) is 6.31. The molecule has 208 valence electrons. The number of fused-ring (bicyclic) bond motifs is 1. The molecular weight excluding hydrogens is 528 g/mol. The highest BCUT2D eigenvalue weighted by atomic mass is 35.5. The van der Waals surface area contributed by atoms with Gasteiger partial charge in [-0.2, -0.15) is 0 Å². The topological polar surface area (TPSA) is 56.8 Å². The SMILES string of the molecule is CC(=O)N1CCC(CC(=O)N2CCN(C(c3ccc(Cl)cn3)c3cc4ccccc4s3)C[C@@H]2C(C)(C)C)CC1. The molecule has 0 spiro atoms. The third-order valence-electron chi connectivity index (χ3n) is 8.36. The van der Waals surface area contributed by atoms with Crippen molar-refractivity contribution in [2.75, 3.05) is 32.7 Å². The number of thiophene rings is 1. The molecule has 0 aliphatic carbocycles. The number of hydrogen-bond acceptors (Lipinski definition) is 5. The zero-order chi connectivity index (χ0) is 27.7. The number of piperidine rings is 1. The normalized spacial score (nSPS) is 20.4. The highest BCUT2D eigenvalue weighted by Gasteiger charge is 2.41. The van der Waals surface area contributed by atoms with Crippen molar-refractivity contribution in [3.63, 3.8) is 0 Å². The minimum absolute atomic E-state index is 0.00215. The summed E-state index contributed by atoms with van der Waals surface area (Å²) in [6.07, 6.45) is 4.11. The first-order valence-corrected chi connectivity index (χ1v) is 15.2. The van der Waals surface area contributed by atoms with Crippen molar-refractivity contribution >= 4 is 44.8 Å². The van der Waals surface area contributed by atoms with Crippen LogP contribution in [0.15, 0.2) is 48.7 Å². The van der Waals surface area contributed by atoms with E-state index < -0.39 is 0 Å². The van der Waals surface area contributed by atoms with Crippen LogP contribution in [-0.2, 0) is 9.59 Å². The molecule has 39 heavy (non-hydrogen) atoms. The lowest BCUT2D eigenvalue weighted by Gasteiger charge is -2.49. The standard InChI is InChI=1S/C31H39ClN4O2S/c1-21(37)34-13-11-22(12-14-34)17-29(38)36-16-15-35(20-28(36)31(2,3)4)30(25-10-9-24(32)19-33-25)27-18-23-7-5-6-8-26(23)39-27/h5-10,18-19,22,28,30H,11-17,20H2,1-4H3/t28-,30?/m1/s1. The Morgan fingerprint density at radius 2 is 1.82 bits per heavy atom. The molecule has 2 aliphatic heterocycles. The summed E-state index contributed by atoms with van der Waals surface area (Å²) in [7, 11) is 0. The fourth-order valence-corrected chi connectivity index (χ4v) is 7.42. The summed E-state index contributed by atoms with van der Waals surface area (Å²) < 4.78 is 1.27. The van der Waals surface area contributed by atoms with Crippen LogP contribution in [0.5, 0.6) is 0 Å². The second-order valence-electron chi connectivity index (χ2n) is 12.1. The number of benzene rings is 1. The zero-order valence-electron chi connectivity index (χ0n) is 23.4. The van der Waals surface area contributed by atoms with E-state index in [1.807, 2.05) is 28.4 Å². The average Bonchev–Trinajstić information content (AvgIpc) is 3.33. The van der Waals surface area contributed by atoms with Gasteiger partial charge in [0.25, 0.3) is 0 Å². The van der Waals surface area contributed by atoms with Crippen molar-refractivity contribution in [1.29, 1.82) is 0 Å². The molecule has 0 bridgehead atoms. The minimum Gasteiger partial charge on any atom is -0.343 e.